The molecule has 0 saturated heterocycles. The van der Waals surface area contributed by atoms with Gasteiger partial charge in [0.05, 0.1) is 0 Å². The number of hydrogen-bond acceptors (Lipinski definition) is 3. The number of thiophene rings is 1. The van der Waals surface area contributed by atoms with Gasteiger partial charge >= 0.3 is 0 Å². The predicted molar refractivity (Wildman–Crippen MR) is 74.2 cm³/mol. The Balaban J connectivity index is 1.76. The summed E-state index contributed by atoms with van der Waals surface area (Å²) in [6.07, 6.45) is 0. The van der Waals surface area contributed by atoms with Crippen molar-refractivity contribution in [1.29, 1.82) is 0 Å². The van der Waals surface area contributed by atoms with Crippen LogP contribution in [-0.2, 0) is 6.61 Å². The van der Waals surface area contributed by atoms with E-state index in [0.29, 0.717) is 12.4 Å². The minimum atomic E-state index is -0.273. The van der Waals surface area contributed by atoms with Gasteiger partial charge < -0.3 is 9.84 Å². The van der Waals surface area contributed by atoms with E-state index in [0.717, 1.165) is 15.0 Å². The van der Waals surface area contributed by atoms with Crippen LogP contribution in [0, 0.1) is 5.82 Å². The van der Waals surface area contributed by atoms with Gasteiger partial charge in [-0.15, -0.1) is 11.3 Å². The summed E-state index contributed by atoms with van der Waals surface area (Å²) in [6, 6.07) is 13.3. The van der Waals surface area contributed by atoms with E-state index in [1.54, 1.807) is 35.6 Å². The van der Waals surface area contributed by atoms with E-state index in [1.165, 1.54) is 12.1 Å². The van der Waals surface area contributed by atoms with Gasteiger partial charge in [0.25, 0.3) is 0 Å². The van der Waals surface area contributed by atoms with Gasteiger partial charge in [-0.05, 0) is 53.9 Å². The zero-order chi connectivity index (χ0) is 13.2. The predicted octanol–water partition coefficient (Wildman–Crippen LogP) is 4.33. The van der Waals surface area contributed by atoms with Crippen LogP contribution in [0.2, 0.25) is 0 Å². The van der Waals surface area contributed by atoms with E-state index < -0.39 is 0 Å². The molecule has 4 heteroatoms. The Morgan fingerprint density at radius 3 is 2.63 bits per heavy atom. The Kier molecular flexibility index (Phi) is 3.09. The van der Waals surface area contributed by atoms with Crippen molar-refractivity contribution in [2.75, 3.05) is 0 Å². The molecule has 0 aliphatic heterocycles. The number of rotatable bonds is 3. The number of halogens is 1. The number of benzene rings is 2. The second-order valence-corrected chi connectivity index (χ2v) is 5.35. The molecule has 0 atom stereocenters. The van der Waals surface area contributed by atoms with E-state index in [4.69, 9.17) is 4.74 Å². The molecule has 19 heavy (non-hydrogen) atoms. The van der Waals surface area contributed by atoms with Gasteiger partial charge in [-0.1, -0.05) is 0 Å². The second-order valence-electron chi connectivity index (χ2n) is 4.18. The number of ether oxygens (including phenoxy) is 1. The first kappa shape index (κ1) is 12.0. The van der Waals surface area contributed by atoms with Crippen molar-refractivity contribution in [3.05, 3.63) is 59.2 Å². The molecule has 0 amide bonds. The average Bonchev–Trinajstić information content (AvgIpc) is 2.80. The zero-order valence-electron chi connectivity index (χ0n) is 9.97. The summed E-state index contributed by atoms with van der Waals surface area (Å²) < 4.78 is 19.4. The van der Waals surface area contributed by atoms with Crippen LogP contribution < -0.4 is 4.74 Å². The maximum absolute atomic E-state index is 12.8. The van der Waals surface area contributed by atoms with E-state index in [9.17, 15) is 9.50 Å². The van der Waals surface area contributed by atoms with Gasteiger partial charge in [0.2, 0.25) is 0 Å². The summed E-state index contributed by atoms with van der Waals surface area (Å²) in [5.74, 6) is 0.631. The summed E-state index contributed by atoms with van der Waals surface area (Å²) in [5, 5.41) is 10.5. The van der Waals surface area contributed by atoms with Crippen molar-refractivity contribution in [2.45, 2.75) is 6.61 Å². The quantitative estimate of drug-likeness (QED) is 0.770. The van der Waals surface area contributed by atoms with Gasteiger partial charge in [0.15, 0.2) is 0 Å². The lowest BCUT2D eigenvalue weighted by molar-refractivity contribution is 0.309. The summed E-state index contributed by atoms with van der Waals surface area (Å²) in [5.41, 5.74) is 0. The number of aromatic hydroxyl groups is 1. The third kappa shape index (κ3) is 2.69. The molecule has 96 valence electrons. The highest BCUT2D eigenvalue weighted by molar-refractivity contribution is 7.19. The molecule has 0 saturated carbocycles. The van der Waals surface area contributed by atoms with E-state index in [2.05, 4.69) is 0 Å². The van der Waals surface area contributed by atoms with Gasteiger partial charge in [0, 0.05) is 9.58 Å². The third-order valence-corrected chi connectivity index (χ3v) is 3.82. The van der Waals surface area contributed by atoms with Crippen molar-refractivity contribution < 1.29 is 14.2 Å². The number of hydrogen-bond donors (Lipinski definition) is 1. The van der Waals surface area contributed by atoms with E-state index in [1.807, 2.05) is 12.1 Å². The van der Waals surface area contributed by atoms with Crippen LogP contribution in [0.5, 0.6) is 11.5 Å². The standard InChI is InChI=1S/C15H11FO2S/c16-11-2-5-13(6-3-11)18-9-14-7-10-1-4-12(17)8-15(10)19-14/h1-8,17H,9H2. The highest BCUT2D eigenvalue weighted by Gasteiger charge is 2.04. The van der Waals surface area contributed by atoms with E-state index in [-0.39, 0.29) is 11.6 Å². The Morgan fingerprint density at radius 1 is 1.05 bits per heavy atom. The second kappa shape index (κ2) is 4.90. The van der Waals surface area contributed by atoms with Crippen LogP contribution in [0.4, 0.5) is 4.39 Å². The fraction of sp³-hybridized carbons (Fsp3) is 0.0667. The Morgan fingerprint density at radius 2 is 1.84 bits per heavy atom. The molecule has 0 fully saturated rings. The van der Waals surface area contributed by atoms with Crippen molar-refractivity contribution in [1.82, 2.24) is 0 Å². The molecule has 2 nitrogen and oxygen atoms in total. The maximum atomic E-state index is 12.8. The molecule has 0 aliphatic carbocycles. The first-order valence-electron chi connectivity index (χ1n) is 5.80. The fourth-order valence-corrected chi connectivity index (χ4v) is 2.84. The normalized spacial score (nSPS) is 10.8. The lowest BCUT2D eigenvalue weighted by atomic mass is 10.2. The molecule has 0 radical (unpaired) electrons. The molecule has 1 aromatic heterocycles. The Hall–Kier alpha value is -2.07. The molecule has 1 N–H and O–H groups in total. The van der Waals surface area contributed by atoms with E-state index >= 15 is 0 Å². The monoisotopic (exact) mass is 274 g/mol. The Bertz CT molecular complexity index is 704. The maximum Gasteiger partial charge on any atom is 0.123 e. The Labute approximate surface area is 113 Å². The topological polar surface area (TPSA) is 29.5 Å². The van der Waals surface area contributed by atoms with Gasteiger partial charge in [-0.25, -0.2) is 4.39 Å². The highest BCUT2D eigenvalue weighted by atomic mass is 32.1. The van der Waals surface area contributed by atoms with Crippen LogP contribution in [-0.4, -0.2) is 5.11 Å². The van der Waals surface area contributed by atoms with Crippen molar-refractivity contribution in [2.24, 2.45) is 0 Å². The van der Waals surface area contributed by atoms with Gasteiger partial charge in [-0.2, -0.15) is 0 Å². The largest absolute Gasteiger partial charge is 0.508 e. The minimum absolute atomic E-state index is 0.264. The average molecular weight is 274 g/mol. The summed E-state index contributed by atoms with van der Waals surface area (Å²) in [7, 11) is 0. The molecular weight excluding hydrogens is 263 g/mol. The summed E-state index contributed by atoms with van der Waals surface area (Å²) >= 11 is 1.57. The van der Waals surface area contributed by atoms with Crippen LogP contribution in [0.25, 0.3) is 10.1 Å². The van der Waals surface area contributed by atoms with Gasteiger partial charge in [0.1, 0.15) is 23.9 Å². The molecule has 3 aromatic rings. The number of fused-ring (bicyclic) bond motifs is 1. The highest BCUT2D eigenvalue weighted by Crippen LogP contribution is 2.29. The third-order valence-electron chi connectivity index (χ3n) is 2.75. The van der Waals surface area contributed by atoms with Crippen molar-refractivity contribution in [3.8, 4) is 11.5 Å². The number of phenols is 1. The van der Waals surface area contributed by atoms with Crippen LogP contribution in [0.3, 0.4) is 0 Å². The summed E-state index contributed by atoms with van der Waals surface area (Å²) in [4.78, 5) is 1.06. The molecule has 3 rings (SSSR count). The molecule has 0 bridgehead atoms. The molecule has 0 unspecified atom stereocenters. The van der Waals surface area contributed by atoms with Crippen LogP contribution in [0.1, 0.15) is 4.88 Å². The zero-order valence-corrected chi connectivity index (χ0v) is 10.8. The van der Waals surface area contributed by atoms with Crippen molar-refractivity contribution >= 4 is 21.4 Å². The first-order valence-corrected chi connectivity index (χ1v) is 6.62. The summed E-state index contributed by atoms with van der Waals surface area (Å²) in [6.45, 7) is 0.436. The van der Waals surface area contributed by atoms with Crippen molar-refractivity contribution in [3.63, 3.8) is 0 Å². The molecule has 0 aliphatic rings. The lowest BCUT2D eigenvalue weighted by Gasteiger charge is -2.03. The van der Waals surface area contributed by atoms with Crippen LogP contribution >= 0.6 is 11.3 Å². The lowest BCUT2D eigenvalue weighted by Crippen LogP contribution is -1.92. The molecular formula is C15H11FO2S. The molecule has 2 aromatic carbocycles. The first-order chi connectivity index (χ1) is 9.20. The smallest absolute Gasteiger partial charge is 0.123 e. The van der Waals surface area contributed by atoms with Gasteiger partial charge in [-0.3, -0.25) is 0 Å². The minimum Gasteiger partial charge on any atom is -0.508 e. The SMILES string of the molecule is Oc1ccc2cc(COc3ccc(F)cc3)sc2c1. The molecule has 1 heterocycles. The number of phenolic OH excluding ortho intramolecular Hbond substituents is 1. The fourth-order valence-electron chi connectivity index (χ4n) is 1.83. The molecule has 0 spiro atoms. The van der Waals surface area contributed by atoms with Crippen LogP contribution in [0.15, 0.2) is 48.5 Å².